The maximum Gasteiger partial charge on any atom is 0.141 e. The van der Waals surface area contributed by atoms with Gasteiger partial charge in [-0.05, 0) is 30.3 Å². The van der Waals surface area contributed by atoms with Gasteiger partial charge in [0, 0.05) is 18.5 Å². The van der Waals surface area contributed by atoms with E-state index in [9.17, 15) is 0 Å². The molecular weight excluding hydrogens is 196 g/mol. The number of nitrogens with zero attached hydrogens (tertiary/aromatic N) is 1. The van der Waals surface area contributed by atoms with Crippen LogP contribution in [-0.4, -0.2) is 16.7 Å². The van der Waals surface area contributed by atoms with Crippen LogP contribution in [0.15, 0.2) is 10.7 Å². The number of hydrogen-bond acceptors (Lipinski definition) is 4. The molecule has 1 fully saturated rings. The van der Waals surface area contributed by atoms with Crippen LogP contribution in [0.3, 0.4) is 0 Å². The first-order chi connectivity index (χ1) is 6.90. The number of thioether (sulfide) groups is 1. The molecule has 2 heterocycles. The first-order valence-electron chi connectivity index (χ1n) is 5.10. The fourth-order valence-corrected chi connectivity index (χ4v) is 3.04. The highest BCUT2D eigenvalue weighted by atomic mass is 32.2. The van der Waals surface area contributed by atoms with Gasteiger partial charge in [0.1, 0.15) is 5.76 Å². The third kappa shape index (κ3) is 2.30. The molecule has 1 aromatic heterocycles. The monoisotopic (exact) mass is 212 g/mol. The van der Waals surface area contributed by atoms with Gasteiger partial charge in [0.25, 0.3) is 0 Å². The van der Waals surface area contributed by atoms with Crippen LogP contribution in [0.25, 0.3) is 0 Å². The molecule has 14 heavy (non-hydrogen) atoms. The Kier molecular flexibility index (Phi) is 3.48. The Bertz CT molecular complexity index is 281. The second-order valence-electron chi connectivity index (χ2n) is 3.74. The fraction of sp³-hybridized carbons (Fsp3) is 0.700. The minimum Gasteiger partial charge on any atom is -0.361 e. The molecule has 78 valence electrons. The topological polar surface area (TPSA) is 52.0 Å². The van der Waals surface area contributed by atoms with Crippen LogP contribution in [0.5, 0.6) is 0 Å². The molecule has 0 amide bonds. The zero-order valence-electron chi connectivity index (χ0n) is 8.24. The van der Waals surface area contributed by atoms with Gasteiger partial charge >= 0.3 is 0 Å². The lowest BCUT2D eigenvalue weighted by molar-refractivity contribution is 0.349. The van der Waals surface area contributed by atoms with Crippen LogP contribution < -0.4 is 5.73 Å². The molecule has 3 nitrogen and oxygen atoms in total. The molecular formula is C10H16N2OS. The number of hydrogen-bond donors (Lipinski definition) is 1. The van der Waals surface area contributed by atoms with E-state index in [2.05, 4.69) is 16.9 Å². The van der Waals surface area contributed by atoms with Gasteiger partial charge in [-0.1, -0.05) is 5.16 Å². The Balaban J connectivity index is 1.95. The van der Waals surface area contributed by atoms with Crippen LogP contribution in [0.1, 0.15) is 24.2 Å². The van der Waals surface area contributed by atoms with E-state index in [1.807, 2.05) is 0 Å². The second kappa shape index (κ2) is 4.84. The summed E-state index contributed by atoms with van der Waals surface area (Å²) in [6.07, 6.45) is 5.37. The molecule has 1 saturated heterocycles. The highest BCUT2D eigenvalue weighted by Gasteiger charge is 2.17. The summed E-state index contributed by atoms with van der Waals surface area (Å²) < 4.78 is 5.22. The van der Waals surface area contributed by atoms with E-state index in [1.54, 1.807) is 6.20 Å². The maximum atomic E-state index is 5.60. The molecule has 0 radical (unpaired) electrons. The quantitative estimate of drug-likeness (QED) is 0.830. The van der Waals surface area contributed by atoms with Crippen LogP contribution in [-0.2, 0) is 13.0 Å². The summed E-state index contributed by atoms with van der Waals surface area (Å²) in [4.78, 5) is 0. The molecule has 2 rings (SSSR count). The Morgan fingerprint density at radius 1 is 1.50 bits per heavy atom. The molecule has 1 aliphatic rings. The van der Waals surface area contributed by atoms with Gasteiger partial charge in [-0.25, -0.2) is 0 Å². The van der Waals surface area contributed by atoms with Gasteiger partial charge < -0.3 is 10.3 Å². The van der Waals surface area contributed by atoms with Crippen molar-refractivity contribution in [2.45, 2.75) is 25.8 Å². The van der Waals surface area contributed by atoms with E-state index in [0.29, 0.717) is 6.54 Å². The lowest BCUT2D eigenvalue weighted by Gasteiger charge is -2.20. The van der Waals surface area contributed by atoms with Crippen molar-refractivity contribution in [3.63, 3.8) is 0 Å². The zero-order chi connectivity index (χ0) is 9.80. The summed E-state index contributed by atoms with van der Waals surface area (Å²) in [5.41, 5.74) is 6.67. The average molecular weight is 212 g/mol. The first kappa shape index (κ1) is 10.1. The largest absolute Gasteiger partial charge is 0.361 e. The standard InChI is InChI=1S/C10H16N2OS/c11-6-9-7-12-13-10(9)5-8-1-3-14-4-2-8/h7-8H,1-6,11H2. The Morgan fingerprint density at radius 2 is 2.29 bits per heavy atom. The number of aromatic nitrogens is 1. The van der Waals surface area contributed by atoms with Gasteiger partial charge in [-0.2, -0.15) is 11.8 Å². The summed E-state index contributed by atoms with van der Waals surface area (Å²) in [7, 11) is 0. The van der Waals surface area contributed by atoms with Crippen molar-refractivity contribution < 1.29 is 4.52 Å². The van der Waals surface area contributed by atoms with Gasteiger partial charge in [0.15, 0.2) is 0 Å². The number of rotatable bonds is 3. The molecule has 0 spiro atoms. The molecule has 0 aromatic carbocycles. The molecule has 0 saturated carbocycles. The maximum absolute atomic E-state index is 5.60. The minimum atomic E-state index is 0.542. The average Bonchev–Trinajstić information content (AvgIpc) is 2.67. The molecule has 1 aromatic rings. The smallest absolute Gasteiger partial charge is 0.141 e. The van der Waals surface area contributed by atoms with Crippen molar-refractivity contribution in [1.82, 2.24) is 5.16 Å². The van der Waals surface area contributed by atoms with E-state index in [-0.39, 0.29) is 0 Å². The van der Waals surface area contributed by atoms with Crippen molar-refractivity contribution in [1.29, 1.82) is 0 Å². The van der Waals surface area contributed by atoms with E-state index < -0.39 is 0 Å². The van der Waals surface area contributed by atoms with Crippen molar-refractivity contribution in [2.24, 2.45) is 11.7 Å². The Hall–Kier alpha value is -0.480. The molecule has 0 unspecified atom stereocenters. The predicted octanol–water partition coefficient (Wildman–Crippen LogP) is 1.82. The molecule has 0 aliphatic carbocycles. The lowest BCUT2D eigenvalue weighted by Crippen LogP contribution is -2.13. The van der Waals surface area contributed by atoms with Gasteiger partial charge in [-0.3, -0.25) is 0 Å². The Morgan fingerprint density at radius 3 is 3.00 bits per heavy atom. The van der Waals surface area contributed by atoms with Gasteiger partial charge in [0.2, 0.25) is 0 Å². The van der Waals surface area contributed by atoms with E-state index in [4.69, 9.17) is 10.3 Å². The number of nitrogens with two attached hydrogens (primary N) is 1. The van der Waals surface area contributed by atoms with Crippen LogP contribution >= 0.6 is 11.8 Å². The van der Waals surface area contributed by atoms with Crippen LogP contribution in [0.4, 0.5) is 0 Å². The van der Waals surface area contributed by atoms with Gasteiger partial charge in [0.05, 0.1) is 6.20 Å². The van der Waals surface area contributed by atoms with Crippen LogP contribution in [0, 0.1) is 5.92 Å². The fourth-order valence-electron chi connectivity index (χ4n) is 1.83. The third-order valence-electron chi connectivity index (χ3n) is 2.76. The zero-order valence-corrected chi connectivity index (χ0v) is 9.05. The molecule has 0 bridgehead atoms. The lowest BCUT2D eigenvalue weighted by atomic mass is 9.96. The SMILES string of the molecule is NCc1cnoc1CC1CCSCC1. The molecule has 1 aliphatic heterocycles. The van der Waals surface area contributed by atoms with Gasteiger partial charge in [-0.15, -0.1) is 0 Å². The normalized spacial score (nSPS) is 18.6. The first-order valence-corrected chi connectivity index (χ1v) is 6.26. The van der Waals surface area contributed by atoms with Crippen molar-refractivity contribution in [2.75, 3.05) is 11.5 Å². The van der Waals surface area contributed by atoms with Crippen molar-refractivity contribution in [3.05, 3.63) is 17.5 Å². The molecule has 2 N–H and O–H groups in total. The second-order valence-corrected chi connectivity index (χ2v) is 4.96. The highest BCUT2D eigenvalue weighted by Crippen LogP contribution is 2.26. The Labute approximate surface area is 88.4 Å². The molecule has 4 heteroatoms. The summed E-state index contributed by atoms with van der Waals surface area (Å²) in [5.74, 6) is 4.35. The van der Waals surface area contributed by atoms with E-state index >= 15 is 0 Å². The van der Waals surface area contributed by atoms with Crippen molar-refractivity contribution in [3.8, 4) is 0 Å². The van der Waals surface area contributed by atoms with E-state index in [1.165, 1.54) is 24.3 Å². The van der Waals surface area contributed by atoms with Crippen molar-refractivity contribution >= 4 is 11.8 Å². The van der Waals surface area contributed by atoms with Crippen LogP contribution in [0.2, 0.25) is 0 Å². The third-order valence-corrected chi connectivity index (χ3v) is 3.81. The summed E-state index contributed by atoms with van der Waals surface area (Å²) in [5, 5.41) is 3.80. The predicted molar refractivity (Wildman–Crippen MR) is 58.1 cm³/mol. The summed E-state index contributed by atoms with van der Waals surface area (Å²) >= 11 is 2.05. The highest BCUT2D eigenvalue weighted by molar-refractivity contribution is 7.99. The summed E-state index contributed by atoms with van der Waals surface area (Å²) in [6, 6.07) is 0. The minimum absolute atomic E-state index is 0.542. The molecule has 0 atom stereocenters. The van der Waals surface area contributed by atoms with E-state index in [0.717, 1.165) is 23.7 Å². The summed E-state index contributed by atoms with van der Waals surface area (Å²) in [6.45, 7) is 0.542.